The summed E-state index contributed by atoms with van der Waals surface area (Å²) in [6, 6.07) is 15.2. The summed E-state index contributed by atoms with van der Waals surface area (Å²) in [6.07, 6.45) is 7.54. The van der Waals surface area contributed by atoms with Gasteiger partial charge in [-0.1, -0.05) is 41.9 Å². The van der Waals surface area contributed by atoms with Gasteiger partial charge in [0.05, 0.1) is 16.7 Å². The first kappa shape index (κ1) is 23.7. The van der Waals surface area contributed by atoms with E-state index >= 15 is 0 Å². The highest BCUT2D eigenvalue weighted by molar-refractivity contribution is 6.34. The molecule has 0 aliphatic heterocycles. The standard InChI is InChI=1S/C28H36ClN3O2/c29-25-7-6-23(31-9-8-30-17-26(33)22-4-2-1-3-5-22)13-24(25)27(34)32-18-28-14-19-10-20(15-28)12-21(11-19)16-28/h1-7,13,19-21,26,30-31,33H,8-12,14-18H2,(H,32,34). The molecule has 6 rings (SSSR count). The lowest BCUT2D eigenvalue weighted by Crippen LogP contribution is -2.51. The monoisotopic (exact) mass is 481 g/mol. The van der Waals surface area contributed by atoms with Crippen molar-refractivity contribution in [3.05, 3.63) is 64.7 Å². The minimum Gasteiger partial charge on any atom is -0.387 e. The lowest BCUT2D eigenvalue weighted by molar-refractivity contribution is -0.0503. The van der Waals surface area contributed by atoms with E-state index in [2.05, 4.69) is 16.0 Å². The average molecular weight is 482 g/mol. The average Bonchev–Trinajstić information content (AvgIpc) is 2.83. The zero-order valence-corrected chi connectivity index (χ0v) is 20.5. The number of anilines is 1. The van der Waals surface area contributed by atoms with Gasteiger partial charge in [0.25, 0.3) is 5.91 Å². The van der Waals surface area contributed by atoms with Crippen LogP contribution in [-0.4, -0.2) is 37.2 Å². The Kier molecular flexibility index (Phi) is 7.14. The number of hydrogen-bond donors (Lipinski definition) is 4. The minimum atomic E-state index is -0.527. The third-order valence-corrected chi connectivity index (χ3v) is 8.48. The molecule has 4 saturated carbocycles. The summed E-state index contributed by atoms with van der Waals surface area (Å²) in [6.45, 7) is 2.64. The predicted molar refractivity (Wildman–Crippen MR) is 137 cm³/mol. The van der Waals surface area contributed by atoms with Crippen molar-refractivity contribution in [1.29, 1.82) is 0 Å². The Hall–Kier alpha value is -2.08. The molecular formula is C28H36ClN3O2. The molecule has 4 aliphatic rings. The van der Waals surface area contributed by atoms with Gasteiger partial charge in [0.2, 0.25) is 0 Å². The summed E-state index contributed by atoms with van der Waals surface area (Å²) in [7, 11) is 0. The number of amides is 1. The van der Waals surface area contributed by atoms with Gasteiger partial charge in [-0.25, -0.2) is 0 Å². The minimum absolute atomic E-state index is 0.0755. The second-order valence-corrected chi connectivity index (χ2v) is 11.3. The summed E-state index contributed by atoms with van der Waals surface area (Å²) < 4.78 is 0. The van der Waals surface area contributed by atoms with Crippen LogP contribution in [-0.2, 0) is 0 Å². The quantitative estimate of drug-likeness (QED) is 0.359. The summed E-state index contributed by atoms with van der Waals surface area (Å²) in [4.78, 5) is 13.0. The number of benzene rings is 2. The second kappa shape index (κ2) is 10.3. The van der Waals surface area contributed by atoms with Crippen molar-refractivity contribution in [2.75, 3.05) is 31.5 Å². The van der Waals surface area contributed by atoms with Gasteiger partial charge in [0.1, 0.15) is 0 Å². The highest BCUT2D eigenvalue weighted by Gasteiger charge is 2.50. The van der Waals surface area contributed by atoms with Gasteiger partial charge in [0, 0.05) is 31.9 Å². The van der Waals surface area contributed by atoms with Crippen LogP contribution in [0.15, 0.2) is 48.5 Å². The van der Waals surface area contributed by atoms with Crippen LogP contribution in [0.3, 0.4) is 0 Å². The molecule has 4 bridgehead atoms. The maximum absolute atomic E-state index is 13.0. The zero-order chi connectivity index (χ0) is 23.5. The first-order valence-electron chi connectivity index (χ1n) is 12.7. The van der Waals surface area contributed by atoms with Crippen molar-refractivity contribution in [3.63, 3.8) is 0 Å². The third-order valence-electron chi connectivity index (χ3n) is 8.15. The Labute approximate surface area is 207 Å². The van der Waals surface area contributed by atoms with Crippen LogP contribution in [0.1, 0.15) is 60.6 Å². The van der Waals surface area contributed by atoms with E-state index < -0.39 is 6.10 Å². The van der Waals surface area contributed by atoms with Gasteiger partial charge < -0.3 is 21.1 Å². The van der Waals surface area contributed by atoms with Crippen molar-refractivity contribution in [2.45, 2.75) is 44.6 Å². The number of carbonyl (C=O) groups excluding carboxylic acids is 1. The van der Waals surface area contributed by atoms with Gasteiger partial charge >= 0.3 is 0 Å². The molecule has 5 nitrogen and oxygen atoms in total. The molecule has 2 aromatic rings. The van der Waals surface area contributed by atoms with E-state index in [9.17, 15) is 9.90 Å². The van der Waals surface area contributed by atoms with Gasteiger partial charge in [-0.3, -0.25) is 4.79 Å². The Balaban J connectivity index is 1.09. The molecule has 182 valence electrons. The van der Waals surface area contributed by atoms with E-state index in [1.807, 2.05) is 42.5 Å². The number of rotatable bonds is 10. The number of halogens is 1. The molecule has 2 aromatic carbocycles. The van der Waals surface area contributed by atoms with Crippen LogP contribution in [0, 0.1) is 23.2 Å². The molecule has 34 heavy (non-hydrogen) atoms. The molecule has 1 amide bonds. The zero-order valence-electron chi connectivity index (χ0n) is 19.7. The Morgan fingerprint density at radius 3 is 2.35 bits per heavy atom. The summed E-state index contributed by atoms with van der Waals surface area (Å²) in [5.74, 6) is 2.55. The van der Waals surface area contributed by atoms with Crippen molar-refractivity contribution in [3.8, 4) is 0 Å². The fourth-order valence-corrected chi connectivity index (χ4v) is 7.21. The van der Waals surface area contributed by atoms with Crippen LogP contribution in [0.5, 0.6) is 0 Å². The van der Waals surface area contributed by atoms with Crippen molar-refractivity contribution in [1.82, 2.24) is 10.6 Å². The first-order chi connectivity index (χ1) is 16.5. The number of nitrogens with one attached hydrogen (secondary N) is 3. The van der Waals surface area contributed by atoms with E-state index in [1.165, 1.54) is 38.5 Å². The van der Waals surface area contributed by atoms with Crippen LogP contribution in [0.25, 0.3) is 0 Å². The molecule has 4 aliphatic carbocycles. The molecule has 1 atom stereocenters. The Morgan fingerprint density at radius 2 is 1.68 bits per heavy atom. The summed E-state index contributed by atoms with van der Waals surface area (Å²) >= 11 is 6.39. The van der Waals surface area contributed by atoms with Crippen LogP contribution < -0.4 is 16.0 Å². The Morgan fingerprint density at radius 1 is 1.00 bits per heavy atom. The lowest BCUT2D eigenvalue weighted by Gasteiger charge is -2.56. The van der Waals surface area contributed by atoms with Crippen molar-refractivity contribution in [2.24, 2.45) is 23.2 Å². The maximum atomic E-state index is 13.0. The molecule has 1 unspecified atom stereocenters. The lowest BCUT2D eigenvalue weighted by atomic mass is 9.49. The molecule has 0 heterocycles. The van der Waals surface area contributed by atoms with E-state index in [1.54, 1.807) is 6.07 Å². The second-order valence-electron chi connectivity index (χ2n) is 10.9. The van der Waals surface area contributed by atoms with Gasteiger partial charge in [-0.15, -0.1) is 0 Å². The van der Waals surface area contributed by atoms with Gasteiger partial charge in [-0.2, -0.15) is 0 Å². The smallest absolute Gasteiger partial charge is 0.252 e. The number of hydrogen-bond acceptors (Lipinski definition) is 4. The molecule has 0 radical (unpaired) electrons. The summed E-state index contributed by atoms with van der Waals surface area (Å²) in [5.41, 5.74) is 2.62. The molecule has 0 aromatic heterocycles. The topological polar surface area (TPSA) is 73.4 Å². The SMILES string of the molecule is O=C(NCC12CC3CC(CC(C3)C1)C2)c1cc(NCCNCC(O)c2ccccc2)ccc1Cl. The van der Waals surface area contributed by atoms with Gasteiger partial charge in [0.15, 0.2) is 0 Å². The molecular weight excluding hydrogens is 446 g/mol. The fourth-order valence-electron chi connectivity index (χ4n) is 7.01. The van der Waals surface area contributed by atoms with E-state index in [0.717, 1.165) is 35.5 Å². The van der Waals surface area contributed by atoms with Crippen LogP contribution in [0.2, 0.25) is 5.02 Å². The van der Waals surface area contributed by atoms with E-state index in [-0.39, 0.29) is 5.91 Å². The fraction of sp³-hybridized carbons (Fsp3) is 0.536. The molecule has 6 heteroatoms. The first-order valence-corrected chi connectivity index (χ1v) is 13.1. The molecule has 4 N–H and O–H groups in total. The van der Waals surface area contributed by atoms with Gasteiger partial charge in [-0.05, 0) is 85.5 Å². The Bertz CT molecular complexity index is 961. The third kappa shape index (κ3) is 5.42. The predicted octanol–water partition coefficient (Wildman–Crippen LogP) is 5.02. The molecule has 4 fully saturated rings. The highest BCUT2D eigenvalue weighted by Crippen LogP contribution is 2.59. The van der Waals surface area contributed by atoms with Crippen LogP contribution in [0.4, 0.5) is 5.69 Å². The molecule has 0 spiro atoms. The number of aliphatic hydroxyl groups is 1. The van der Waals surface area contributed by atoms with Crippen LogP contribution >= 0.6 is 11.6 Å². The maximum Gasteiger partial charge on any atom is 0.252 e. The largest absolute Gasteiger partial charge is 0.387 e. The number of aliphatic hydroxyl groups excluding tert-OH is 1. The van der Waals surface area contributed by atoms with E-state index in [0.29, 0.717) is 35.6 Å². The van der Waals surface area contributed by atoms with E-state index in [4.69, 9.17) is 11.6 Å². The summed E-state index contributed by atoms with van der Waals surface area (Å²) in [5, 5.41) is 20.6. The highest BCUT2D eigenvalue weighted by atomic mass is 35.5. The van der Waals surface area contributed by atoms with Crippen molar-refractivity contribution < 1.29 is 9.90 Å². The normalized spacial score (nSPS) is 28.0. The van der Waals surface area contributed by atoms with Crippen molar-refractivity contribution >= 4 is 23.2 Å². The molecule has 0 saturated heterocycles. The number of carbonyl (C=O) groups is 1.